The van der Waals surface area contributed by atoms with Crippen LogP contribution in [-0.2, 0) is 52.6 Å². The van der Waals surface area contributed by atoms with E-state index in [9.17, 15) is 45.5 Å². The number of aromatic nitrogens is 2. The summed E-state index contributed by atoms with van der Waals surface area (Å²) in [5, 5.41) is 17.0. The van der Waals surface area contributed by atoms with Gasteiger partial charge >= 0.3 is 53.8 Å². The summed E-state index contributed by atoms with van der Waals surface area (Å²) in [7, 11) is 0. The number of rotatable bonds is 15. The molecule has 2 amide bonds. The maximum Gasteiger partial charge on any atom is 1.00 e. The van der Waals surface area contributed by atoms with Crippen molar-refractivity contribution in [2.24, 2.45) is 11.8 Å². The summed E-state index contributed by atoms with van der Waals surface area (Å²) in [5.74, 6) is -0.842. The Morgan fingerprint density at radius 1 is 0.581 bits per heavy atom. The zero-order valence-electron chi connectivity index (χ0n) is 42.3. The Hall–Kier alpha value is -5.62. The molecule has 11 nitrogen and oxygen atoms in total. The first-order valence-corrected chi connectivity index (χ1v) is 24.9. The molecule has 2 aromatic heterocycles. The molecule has 18 heteroatoms. The minimum atomic E-state index is -4.38. The van der Waals surface area contributed by atoms with E-state index in [2.05, 4.69) is 10.6 Å². The number of hydrogen-bond acceptors (Lipinski definition) is 6. The minimum absolute atomic E-state index is 0. The number of carbonyl (C=O) groups excluding carboxylic acids is 3. The average molecular weight is 1040 g/mol. The van der Waals surface area contributed by atoms with Crippen LogP contribution in [0.4, 0.5) is 26.3 Å². The van der Waals surface area contributed by atoms with E-state index >= 15 is 0 Å². The molecule has 0 aliphatic heterocycles. The molecule has 0 atom stereocenters. The minimum Gasteiger partial charge on any atom is -0.870 e. The first kappa shape index (κ1) is 59.3. The fourth-order valence-corrected chi connectivity index (χ4v) is 10.3. The van der Waals surface area contributed by atoms with E-state index in [0.717, 1.165) is 120 Å². The normalized spacial score (nSPS) is 17.8. The molecule has 392 valence electrons. The van der Waals surface area contributed by atoms with Crippen molar-refractivity contribution in [3.8, 4) is 0 Å². The van der Waals surface area contributed by atoms with Crippen molar-refractivity contribution in [1.82, 2.24) is 19.8 Å². The number of carboxylic acid groups (broad SMARTS) is 1. The largest absolute Gasteiger partial charge is 1.00 e. The van der Waals surface area contributed by atoms with Gasteiger partial charge in [-0.05, 0) is 155 Å². The monoisotopic (exact) mass is 1040 g/mol. The average Bonchev–Trinajstić information content (AvgIpc) is 3.93. The molecule has 2 saturated carbocycles. The fraction of sp³-hybridized carbons (Fsp3) is 0.429. The summed E-state index contributed by atoms with van der Waals surface area (Å²) in [6, 6.07) is 21.9. The van der Waals surface area contributed by atoms with Crippen molar-refractivity contribution in [2.45, 2.75) is 135 Å². The number of fused-ring (bicyclic) bond motifs is 2. The molecular formula is C56H63F6N4NaO7. The number of carboxylic acids is 1. The van der Waals surface area contributed by atoms with Crippen LogP contribution in [0.3, 0.4) is 0 Å². The van der Waals surface area contributed by atoms with Crippen LogP contribution in [-0.4, -0.2) is 62.2 Å². The van der Waals surface area contributed by atoms with Crippen molar-refractivity contribution in [2.75, 3.05) is 6.61 Å². The first-order chi connectivity index (χ1) is 34.3. The van der Waals surface area contributed by atoms with E-state index < -0.39 is 29.4 Å². The Morgan fingerprint density at radius 2 is 0.959 bits per heavy atom. The molecule has 8 rings (SSSR count). The third-order valence-electron chi connectivity index (χ3n) is 14.1. The maximum absolute atomic E-state index is 13.4. The molecule has 4 aromatic carbocycles. The molecule has 6 aromatic rings. The van der Waals surface area contributed by atoms with Crippen LogP contribution in [0.1, 0.15) is 139 Å². The van der Waals surface area contributed by atoms with Gasteiger partial charge in [-0.15, -0.1) is 0 Å². The smallest absolute Gasteiger partial charge is 0.870 e. The zero-order chi connectivity index (χ0) is 51.7. The maximum atomic E-state index is 13.4. The predicted octanol–water partition coefficient (Wildman–Crippen LogP) is 9.37. The number of carbonyl (C=O) groups is 4. The number of benzene rings is 4. The number of ether oxygens (including phenoxy) is 1. The predicted molar refractivity (Wildman–Crippen MR) is 266 cm³/mol. The summed E-state index contributed by atoms with van der Waals surface area (Å²) in [5.41, 5.74) is 4.86. The molecule has 2 aliphatic carbocycles. The van der Waals surface area contributed by atoms with Crippen LogP contribution in [0.5, 0.6) is 0 Å². The van der Waals surface area contributed by atoms with Crippen molar-refractivity contribution in [3.05, 3.63) is 142 Å². The first-order valence-electron chi connectivity index (χ1n) is 24.9. The number of hydrogen-bond donors (Lipinski definition) is 3. The van der Waals surface area contributed by atoms with Gasteiger partial charge in [-0.25, -0.2) is 0 Å². The Kier molecular flexibility index (Phi) is 21.0. The standard InChI is InChI=1S/C29H33F3N2O3.C27H29F3N2O3.Na.H2O/c1-3-34-18-24(28(36)33-23-14-10-20(11-15-23)17-26(35)37-4-2)27-21(6-5-7-25(27)34)16-19-8-12-22(13-9-19)29(30,31)32;1-2-32-16-22(26(35)31-21-12-8-18(9-13-21)15-24(33)34)25-19(4-3-5-23(25)32)14-17-6-10-20(11-7-17)27(28,29)30;;/h5-9,12-13,18,20,23H,3-4,10-11,14-17H2,1-2H3,(H,33,36);3-7,10-11,16,18,21H,2,8-9,12-15H2,1H3,(H,31,35)(H,33,34);;1H2/q;;+1;/p-1. The molecule has 2 aliphatic rings. The Bertz CT molecular complexity index is 2840. The second-order valence-electron chi connectivity index (χ2n) is 19.0. The molecule has 4 N–H and O–H groups in total. The van der Waals surface area contributed by atoms with Crippen LogP contribution in [0.15, 0.2) is 97.3 Å². The third-order valence-corrected chi connectivity index (χ3v) is 14.1. The van der Waals surface area contributed by atoms with E-state index in [1.807, 2.05) is 71.8 Å². The summed E-state index contributed by atoms with van der Waals surface area (Å²) >= 11 is 0. The van der Waals surface area contributed by atoms with Gasteiger partial charge in [-0.2, -0.15) is 26.3 Å². The molecule has 74 heavy (non-hydrogen) atoms. The van der Waals surface area contributed by atoms with Crippen LogP contribution >= 0.6 is 0 Å². The summed E-state index contributed by atoms with van der Waals surface area (Å²) < 4.78 is 86.8. The van der Waals surface area contributed by atoms with Crippen LogP contribution < -0.4 is 40.2 Å². The Balaban J connectivity index is 0.000000267. The van der Waals surface area contributed by atoms with Gasteiger partial charge in [0.2, 0.25) is 0 Å². The molecule has 2 heterocycles. The van der Waals surface area contributed by atoms with Crippen molar-refractivity contribution >= 4 is 45.6 Å². The number of amides is 2. The Labute approximate surface area is 449 Å². The number of nitrogens with one attached hydrogen (secondary N) is 2. The molecule has 0 unspecified atom stereocenters. The van der Waals surface area contributed by atoms with Gasteiger partial charge < -0.3 is 35.1 Å². The van der Waals surface area contributed by atoms with Crippen molar-refractivity contribution < 1.29 is 90.4 Å². The topological polar surface area (TPSA) is 162 Å². The van der Waals surface area contributed by atoms with Gasteiger partial charge in [0.05, 0.1) is 28.9 Å². The molecule has 2 fully saturated rings. The van der Waals surface area contributed by atoms with Crippen LogP contribution in [0.2, 0.25) is 0 Å². The summed E-state index contributed by atoms with van der Waals surface area (Å²) in [4.78, 5) is 49.5. The molecule has 0 spiro atoms. The number of aryl methyl sites for hydroxylation is 2. The number of esters is 1. The molecular weight excluding hydrogens is 978 g/mol. The zero-order valence-corrected chi connectivity index (χ0v) is 44.3. The van der Waals surface area contributed by atoms with Crippen molar-refractivity contribution in [3.63, 3.8) is 0 Å². The molecule has 0 radical (unpaired) electrons. The van der Waals surface area contributed by atoms with Gasteiger partial charge in [0.15, 0.2) is 0 Å². The number of nitrogens with zero attached hydrogens (tertiary/aromatic N) is 2. The number of halogens is 6. The van der Waals surface area contributed by atoms with E-state index in [1.165, 1.54) is 24.3 Å². The Morgan fingerprint density at radius 3 is 1.30 bits per heavy atom. The summed E-state index contributed by atoms with van der Waals surface area (Å²) in [6.45, 7) is 7.55. The second-order valence-corrected chi connectivity index (χ2v) is 19.0. The van der Waals surface area contributed by atoms with Gasteiger partial charge in [0, 0.05) is 72.2 Å². The van der Waals surface area contributed by atoms with Gasteiger partial charge in [0.1, 0.15) is 0 Å². The SMILES string of the molecule is CCOC(=O)CC1CCC(NC(=O)c2cn(CC)c3cccc(Cc4ccc(C(F)(F)F)cc4)c23)CC1.CCn1cc(C(=O)NC2CCC(CC(=O)O)CC2)c2c(Cc3ccc(C(F)(F)F)cc3)cccc21.[Na+].[OH-]. The van der Waals surface area contributed by atoms with Crippen LogP contribution in [0.25, 0.3) is 21.8 Å². The third kappa shape index (κ3) is 15.0. The van der Waals surface area contributed by atoms with E-state index in [1.54, 1.807) is 6.92 Å². The second kappa shape index (κ2) is 26.2. The van der Waals surface area contributed by atoms with Crippen LogP contribution in [0, 0.1) is 11.8 Å². The fourth-order valence-electron chi connectivity index (χ4n) is 10.3. The van der Waals surface area contributed by atoms with E-state index in [0.29, 0.717) is 50.1 Å². The van der Waals surface area contributed by atoms with E-state index in [-0.39, 0.29) is 83.2 Å². The molecule has 0 bridgehead atoms. The van der Waals surface area contributed by atoms with Crippen molar-refractivity contribution in [1.29, 1.82) is 0 Å². The van der Waals surface area contributed by atoms with Gasteiger partial charge in [-0.3, -0.25) is 19.2 Å². The van der Waals surface area contributed by atoms with Gasteiger partial charge in [0.25, 0.3) is 11.8 Å². The van der Waals surface area contributed by atoms with E-state index in [4.69, 9.17) is 9.84 Å². The number of alkyl halides is 6. The quantitative estimate of drug-likeness (QED) is 0.0525. The van der Waals surface area contributed by atoms with Gasteiger partial charge in [-0.1, -0.05) is 48.5 Å². The molecule has 0 saturated heterocycles. The number of aliphatic carboxylic acids is 1. The summed E-state index contributed by atoms with van der Waals surface area (Å²) in [6.07, 6.45) is 2.73.